The Morgan fingerprint density at radius 2 is 1.88 bits per heavy atom. The molecule has 1 aromatic carbocycles. The largest absolute Gasteiger partial charge is 0.507 e. The molecule has 1 saturated carbocycles. The normalized spacial score (nSPS) is 30.2. The number of aromatic hydroxyl groups is 1. The summed E-state index contributed by atoms with van der Waals surface area (Å²) in [5.41, 5.74) is 4.66. The Bertz CT molecular complexity index is 1020. The van der Waals surface area contributed by atoms with Gasteiger partial charge in [-0.15, -0.1) is 0 Å². The molecule has 0 radical (unpaired) electrons. The van der Waals surface area contributed by atoms with Crippen molar-refractivity contribution < 1.29 is 19.4 Å². The van der Waals surface area contributed by atoms with Crippen molar-refractivity contribution in [1.29, 1.82) is 0 Å². The van der Waals surface area contributed by atoms with E-state index in [0.717, 1.165) is 50.5 Å². The molecule has 2 heterocycles. The van der Waals surface area contributed by atoms with Crippen LogP contribution in [0.1, 0.15) is 77.2 Å². The van der Waals surface area contributed by atoms with Crippen molar-refractivity contribution in [1.82, 2.24) is 4.90 Å². The predicted octanol–water partition coefficient (Wildman–Crippen LogP) is 5.63. The number of hydrogen-bond donors (Lipinski definition) is 1. The van der Waals surface area contributed by atoms with Gasteiger partial charge in [0.05, 0.1) is 24.5 Å². The molecule has 2 amide bonds. The summed E-state index contributed by atoms with van der Waals surface area (Å²) in [6, 6.07) is 7.52. The number of amides is 2. The Hall–Kier alpha value is -2.40. The number of para-hydroxylation sites is 1. The van der Waals surface area contributed by atoms with Crippen LogP contribution >= 0.6 is 0 Å². The van der Waals surface area contributed by atoms with Gasteiger partial charge in [-0.2, -0.15) is 0 Å². The molecule has 2 saturated heterocycles. The highest BCUT2D eigenvalue weighted by molar-refractivity contribution is 6.06. The van der Waals surface area contributed by atoms with Crippen molar-refractivity contribution in [3.63, 3.8) is 0 Å². The number of fused-ring (bicyclic) bond motifs is 3. The van der Waals surface area contributed by atoms with E-state index in [-0.39, 0.29) is 41.7 Å². The number of phenols is 1. The number of hydrogen-bond acceptors (Lipinski definition) is 4. The Labute approximate surface area is 202 Å². The van der Waals surface area contributed by atoms with Crippen molar-refractivity contribution in [2.75, 3.05) is 6.61 Å². The van der Waals surface area contributed by atoms with Crippen LogP contribution in [0.25, 0.3) is 6.08 Å². The van der Waals surface area contributed by atoms with Crippen molar-refractivity contribution in [3.8, 4) is 5.75 Å². The highest BCUT2D eigenvalue weighted by Gasteiger charge is 2.57. The Balaban J connectivity index is 1.31. The van der Waals surface area contributed by atoms with Gasteiger partial charge in [0.25, 0.3) is 0 Å². The average molecular weight is 464 g/mol. The standard InChI is InChI=1S/C29H37NO4/c1-3-19(16-20-9-7-8-12-24(20)31)13-14-25-26-18(2)15-22-27(23(26)17-34-25)29(33)30(28(22)32)21-10-5-4-6-11-21/h7-9,12,16,21-23,25,27,31H,3-6,10-11,13-15,17H2,1-2H3/b19-16+/t22-,23+,25-,27-/m1/s1. The zero-order valence-corrected chi connectivity index (χ0v) is 20.5. The van der Waals surface area contributed by atoms with Gasteiger partial charge in [-0.25, -0.2) is 0 Å². The minimum atomic E-state index is -0.236. The Kier molecular flexibility index (Phi) is 6.65. The first-order chi connectivity index (χ1) is 16.5. The summed E-state index contributed by atoms with van der Waals surface area (Å²) in [4.78, 5) is 28.5. The van der Waals surface area contributed by atoms with Crippen LogP contribution in [-0.2, 0) is 14.3 Å². The molecule has 4 aliphatic rings. The van der Waals surface area contributed by atoms with Crippen LogP contribution in [0.2, 0.25) is 0 Å². The summed E-state index contributed by atoms with van der Waals surface area (Å²) in [6.45, 7) is 4.82. The van der Waals surface area contributed by atoms with E-state index in [9.17, 15) is 14.7 Å². The number of ether oxygens (including phenoxy) is 1. The molecular formula is C29H37NO4. The maximum Gasteiger partial charge on any atom is 0.234 e. The average Bonchev–Trinajstić information content (AvgIpc) is 3.37. The Morgan fingerprint density at radius 3 is 2.62 bits per heavy atom. The number of nitrogens with zero attached hydrogens (tertiary/aromatic N) is 1. The first-order valence-corrected chi connectivity index (χ1v) is 13.1. The highest BCUT2D eigenvalue weighted by atomic mass is 16.5. The van der Waals surface area contributed by atoms with Crippen molar-refractivity contribution >= 4 is 17.9 Å². The van der Waals surface area contributed by atoms with Gasteiger partial charge in [-0.05, 0) is 57.1 Å². The lowest BCUT2D eigenvalue weighted by molar-refractivity contribution is -0.143. The fourth-order valence-corrected chi connectivity index (χ4v) is 6.85. The first kappa shape index (κ1) is 23.3. The van der Waals surface area contributed by atoms with E-state index in [0.29, 0.717) is 18.8 Å². The number of carbonyl (C=O) groups is 2. The minimum absolute atomic E-state index is 0.0110. The zero-order valence-electron chi connectivity index (χ0n) is 20.5. The molecule has 1 N–H and O–H groups in total. The van der Waals surface area contributed by atoms with E-state index < -0.39 is 0 Å². The molecule has 0 aromatic heterocycles. The van der Waals surface area contributed by atoms with Crippen molar-refractivity contribution in [3.05, 3.63) is 46.5 Å². The number of imide groups is 1. The Morgan fingerprint density at radius 1 is 1.12 bits per heavy atom. The molecule has 5 rings (SSSR count). The molecule has 5 heteroatoms. The number of rotatable bonds is 6. The van der Waals surface area contributed by atoms with E-state index >= 15 is 0 Å². The van der Waals surface area contributed by atoms with Gasteiger partial charge in [0, 0.05) is 17.5 Å². The molecule has 4 atom stereocenters. The van der Waals surface area contributed by atoms with Crippen LogP contribution in [0.3, 0.4) is 0 Å². The fourth-order valence-electron chi connectivity index (χ4n) is 6.85. The molecule has 0 bridgehead atoms. The molecule has 5 nitrogen and oxygen atoms in total. The lowest BCUT2D eigenvalue weighted by Crippen LogP contribution is -2.42. The number of phenolic OH excluding ortho intramolecular Hbond substituents is 1. The second kappa shape index (κ2) is 9.69. The molecule has 3 fully saturated rings. The summed E-state index contributed by atoms with van der Waals surface area (Å²) in [5, 5.41) is 10.1. The van der Waals surface area contributed by atoms with Gasteiger partial charge in [-0.3, -0.25) is 14.5 Å². The third-order valence-corrected chi connectivity index (χ3v) is 8.60. The third-order valence-electron chi connectivity index (χ3n) is 8.60. The van der Waals surface area contributed by atoms with Gasteiger partial charge in [0.1, 0.15) is 5.75 Å². The minimum Gasteiger partial charge on any atom is -0.507 e. The molecular weight excluding hydrogens is 426 g/mol. The fraction of sp³-hybridized carbons (Fsp3) is 0.586. The van der Waals surface area contributed by atoms with Crippen LogP contribution in [0.5, 0.6) is 5.75 Å². The summed E-state index contributed by atoms with van der Waals surface area (Å²) in [5.74, 6) is 0.0474. The van der Waals surface area contributed by atoms with E-state index in [1.165, 1.54) is 23.1 Å². The quantitative estimate of drug-likeness (QED) is 0.438. The van der Waals surface area contributed by atoms with E-state index in [4.69, 9.17) is 4.74 Å². The van der Waals surface area contributed by atoms with Crippen LogP contribution in [0, 0.1) is 17.8 Å². The van der Waals surface area contributed by atoms with E-state index in [2.05, 4.69) is 19.9 Å². The van der Waals surface area contributed by atoms with Gasteiger partial charge >= 0.3 is 0 Å². The van der Waals surface area contributed by atoms with Gasteiger partial charge in [-0.1, -0.05) is 61.6 Å². The molecule has 0 spiro atoms. The number of allylic oxidation sites excluding steroid dienone is 2. The summed E-state index contributed by atoms with van der Waals surface area (Å²) < 4.78 is 6.30. The van der Waals surface area contributed by atoms with Crippen LogP contribution in [0.15, 0.2) is 41.0 Å². The number of likely N-dealkylation sites (tertiary alicyclic amines) is 1. The van der Waals surface area contributed by atoms with Crippen LogP contribution < -0.4 is 0 Å². The van der Waals surface area contributed by atoms with Crippen LogP contribution in [0.4, 0.5) is 0 Å². The molecule has 2 aliphatic carbocycles. The van der Waals surface area contributed by atoms with E-state index in [1.807, 2.05) is 18.2 Å². The second-order valence-electron chi connectivity index (χ2n) is 10.6. The highest BCUT2D eigenvalue weighted by Crippen LogP contribution is 2.50. The van der Waals surface area contributed by atoms with Crippen LogP contribution in [-0.4, -0.2) is 40.6 Å². The van der Waals surface area contributed by atoms with Gasteiger partial charge in [0.15, 0.2) is 0 Å². The lowest BCUT2D eigenvalue weighted by atomic mass is 9.70. The third kappa shape index (κ3) is 4.13. The second-order valence-corrected chi connectivity index (χ2v) is 10.6. The molecule has 0 unspecified atom stereocenters. The lowest BCUT2D eigenvalue weighted by Gasteiger charge is -2.31. The summed E-state index contributed by atoms with van der Waals surface area (Å²) in [6.07, 6.45) is 10.8. The first-order valence-electron chi connectivity index (χ1n) is 13.1. The smallest absolute Gasteiger partial charge is 0.234 e. The zero-order chi connectivity index (χ0) is 23.8. The van der Waals surface area contributed by atoms with Gasteiger partial charge < -0.3 is 9.84 Å². The summed E-state index contributed by atoms with van der Waals surface area (Å²) >= 11 is 0. The molecule has 1 aromatic rings. The number of benzene rings is 1. The topological polar surface area (TPSA) is 66.8 Å². The molecule has 34 heavy (non-hydrogen) atoms. The number of carbonyl (C=O) groups excluding carboxylic acids is 2. The van der Waals surface area contributed by atoms with Crippen molar-refractivity contribution in [2.45, 2.75) is 83.8 Å². The van der Waals surface area contributed by atoms with E-state index in [1.54, 1.807) is 11.0 Å². The molecule has 182 valence electrons. The summed E-state index contributed by atoms with van der Waals surface area (Å²) in [7, 11) is 0. The maximum atomic E-state index is 13.5. The SMILES string of the molecule is CC/C(=C\c1ccccc1O)CC[C@H]1OC[C@H]2C1=C(C)C[C@H]1C(=O)N(C3CCCCC3)C(=O)[C@H]12. The molecule has 2 aliphatic heterocycles. The maximum absolute atomic E-state index is 13.5. The predicted molar refractivity (Wildman–Crippen MR) is 132 cm³/mol. The van der Waals surface area contributed by atoms with Gasteiger partial charge in [0.2, 0.25) is 11.8 Å². The monoisotopic (exact) mass is 463 g/mol. The van der Waals surface area contributed by atoms with Crippen molar-refractivity contribution in [2.24, 2.45) is 17.8 Å².